The van der Waals surface area contributed by atoms with Gasteiger partial charge in [-0.05, 0) is 0 Å². The second kappa shape index (κ2) is 6.99. The van der Waals surface area contributed by atoms with Gasteiger partial charge in [0.2, 0.25) is 5.91 Å². The minimum atomic E-state index is -1.31. The van der Waals surface area contributed by atoms with Crippen molar-refractivity contribution >= 4 is 40.4 Å². The van der Waals surface area contributed by atoms with Crippen molar-refractivity contribution in [3.05, 3.63) is 35.9 Å². The molecule has 3 amide bonds. The van der Waals surface area contributed by atoms with E-state index in [4.69, 9.17) is 0 Å². The number of carbonyl (C=O) groups is 4. The number of hydrogen-bond acceptors (Lipinski definition) is 5. The Morgan fingerprint density at radius 3 is 2.55 bits per heavy atom. The summed E-state index contributed by atoms with van der Waals surface area (Å²) < 4.78 is 0. The molecule has 1 aliphatic rings. The Bertz CT molecular complexity index is 657. The molecule has 0 fully saturated rings. The molecule has 2 rings (SSSR count). The molecule has 8 heteroatoms. The lowest BCUT2D eigenvalue weighted by atomic mass is 10.2. The lowest BCUT2D eigenvalue weighted by Gasteiger charge is -2.19. The highest BCUT2D eigenvalue weighted by Crippen LogP contribution is 2.11. The molecule has 0 aliphatic carbocycles. The van der Waals surface area contributed by atoms with E-state index < -0.39 is 23.8 Å². The fraction of sp³-hybridized carbons (Fsp3) is 0.214. The monoisotopic (exact) mass is 319 g/mol. The van der Waals surface area contributed by atoms with Crippen molar-refractivity contribution in [2.24, 2.45) is 4.99 Å². The van der Waals surface area contributed by atoms with E-state index in [1.807, 2.05) is 0 Å². The Labute approximate surface area is 130 Å². The van der Waals surface area contributed by atoms with E-state index in [9.17, 15) is 19.2 Å². The number of carbonyl (C=O) groups excluding carboxylic acids is 4. The molecule has 1 aromatic carbocycles. The van der Waals surface area contributed by atoms with E-state index in [0.717, 1.165) is 11.8 Å². The van der Waals surface area contributed by atoms with Crippen molar-refractivity contribution in [1.29, 1.82) is 0 Å². The van der Waals surface area contributed by atoms with Gasteiger partial charge in [-0.15, -0.1) is 0 Å². The molecule has 0 saturated carbocycles. The van der Waals surface area contributed by atoms with Crippen LogP contribution in [0.1, 0.15) is 17.3 Å². The van der Waals surface area contributed by atoms with Crippen molar-refractivity contribution in [3.8, 4) is 0 Å². The minimum Gasteiger partial charge on any atom is -0.337 e. The summed E-state index contributed by atoms with van der Waals surface area (Å²) in [5, 5.41) is 4.66. The molecule has 0 bridgehead atoms. The molecule has 1 unspecified atom stereocenters. The fourth-order valence-corrected chi connectivity index (χ4v) is 2.48. The third-order valence-corrected chi connectivity index (χ3v) is 3.61. The van der Waals surface area contributed by atoms with Crippen LogP contribution in [-0.2, 0) is 14.4 Å². The van der Waals surface area contributed by atoms with E-state index in [-0.39, 0.29) is 16.7 Å². The summed E-state index contributed by atoms with van der Waals surface area (Å²) in [6.45, 7) is 1.20. The molecule has 0 aromatic heterocycles. The standard InChI is InChI=1S/C14H13N3O4S/c1-8(18)15-11-12(20)16-14(17-13(11)21)22-7-10(19)9-5-3-2-4-6-9/h2-6,11H,7H2,1H3,(H,15,18)(H,16,17,20,21). The quantitative estimate of drug-likeness (QED) is 0.606. The van der Waals surface area contributed by atoms with Crippen LogP contribution in [0.25, 0.3) is 0 Å². The van der Waals surface area contributed by atoms with Gasteiger partial charge < -0.3 is 10.6 Å². The van der Waals surface area contributed by atoms with Gasteiger partial charge in [-0.2, -0.15) is 4.99 Å². The molecule has 1 heterocycles. The van der Waals surface area contributed by atoms with Gasteiger partial charge in [0.25, 0.3) is 11.8 Å². The molecule has 0 spiro atoms. The van der Waals surface area contributed by atoms with Crippen molar-refractivity contribution in [2.75, 3.05) is 5.75 Å². The number of benzene rings is 1. The fourth-order valence-electron chi connectivity index (χ4n) is 1.72. The number of hydrogen-bond donors (Lipinski definition) is 2. The number of Topliss-reactive ketones (excluding diaryl/α,β-unsaturated/α-hetero) is 1. The van der Waals surface area contributed by atoms with Gasteiger partial charge in [0, 0.05) is 12.5 Å². The largest absolute Gasteiger partial charge is 0.337 e. The Kier molecular flexibility index (Phi) is 5.05. The minimum absolute atomic E-state index is 0.0429. The Morgan fingerprint density at radius 2 is 1.95 bits per heavy atom. The van der Waals surface area contributed by atoms with E-state index in [0.29, 0.717) is 5.56 Å². The van der Waals surface area contributed by atoms with Crippen molar-refractivity contribution in [2.45, 2.75) is 13.0 Å². The summed E-state index contributed by atoms with van der Waals surface area (Å²) in [5.74, 6) is -2.02. The predicted molar refractivity (Wildman–Crippen MR) is 81.4 cm³/mol. The number of nitrogens with zero attached hydrogens (tertiary/aromatic N) is 1. The highest BCUT2D eigenvalue weighted by Gasteiger charge is 2.32. The highest BCUT2D eigenvalue weighted by molar-refractivity contribution is 8.14. The lowest BCUT2D eigenvalue weighted by Crippen LogP contribution is -2.54. The molecular formula is C14H13N3O4S. The first-order valence-electron chi connectivity index (χ1n) is 6.39. The third kappa shape index (κ3) is 4.01. The maximum absolute atomic E-state index is 11.9. The van der Waals surface area contributed by atoms with Crippen LogP contribution < -0.4 is 10.6 Å². The normalized spacial score (nSPS) is 17.5. The van der Waals surface area contributed by atoms with Crippen LogP contribution in [0.15, 0.2) is 35.3 Å². The van der Waals surface area contributed by atoms with Crippen molar-refractivity contribution in [3.63, 3.8) is 0 Å². The van der Waals surface area contributed by atoms with Gasteiger partial charge in [-0.1, -0.05) is 42.1 Å². The van der Waals surface area contributed by atoms with Crippen LogP contribution in [0.2, 0.25) is 0 Å². The number of nitrogens with one attached hydrogen (secondary N) is 2. The lowest BCUT2D eigenvalue weighted by molar-refractivity contribution is -0.134. The topological polar surface area (TPSA) is 105 Å². The Balaban J connectivity index is 1.97. The van der Waals surface area contributed by atoms with Crippen LogP contribution in [0, 0.1) is 0 Å². The van der Waals surface area contributed by atoms with Gasteiger partial charge in [0.05, 0.1) is 5.75 Å². The maximum Gasteiger partial charge on any atom is 0.280 e. The van der Waals surface area contributed by atoms with Crippen molar-refractivity contribution in [1.82, 2.24) is 10.6 Å². The molecule has 2 N–H and O–H groups in total. The zero-order valence-corrected chi connectivity index (χ0v) is 12.5. The molecule has 1 aliphatic heterocycles. The first-order valence-corrected chi connectivity index (χ1v) is 7.37. The van der Waals surface area contributed by atoms with Gasteiger partial charge >= 0.3 is 0 Å². The van der Waals surface area contributed by atoms with Gasteiger partial charge in [-0.25, -0.2) is 0 Å². The zero-order chi connectivity index (χ0) is 16.1. The van der Waals surface area contributed by atoms with Crippen LogP contribution >= 0.6 is 11.8 Å². The number of rotatable bonds is 4. The van der Waals surface area contributed by atoms with Crippen LogP contribution in [0.5, 0.6) is 0 Å². The number of amidine groups is 1. The second-order valence-corrected chi connectivity index (χ2v) is 5.42. The highest BCUT2D eigenvalue weighted by atomic mass is 32.2. The maximum atomic E-state index is 11.9. The van der Waals surface area contributed by atoms with Gasteiger partial charge in [-0.3, -0.25) is 19.2 Å². The number of aliphatic imine (C=N–C) groups is 1. The van der Waals surface area contributed by atoms with E-state index in [2.05, 4.69) is 15.6 Å². The van der Waals surface area contributed by atoms with E-state index in [1.54, 1.807) is 30.3 Å². The van der Waals surface area contributed by atoms with Gasteiger partial charge in [0.1, 0.15) is 0 Å². The predicted octanol–water partition coefficient (Wildman–Crippen LogP) is 0.120. The SMILES string of the molecule is CC(=O)NC1C(=O)N=C(SCC(=O)c2ccccc2)NC1=O. The molecule has 7 nitrogen and oxygen atoms in total. The molecule has 0 radical (unpaired) electrons. The second-order valence-electron chi connectivity index (χ2n) is 4.46. The first-order chi connectivity index (χ1) is 10.5. The van der Waals surface area contributed by atoms with E-state index in [1.165, 1.54) is 6.92 Å². The Hall–Kier alpha value is -2.48. The molecule has 1 aromatic rings. The molecule has 22 heavy (non-hydrogen) atoms. The molecular weight excluding hydrogens is 306 g/mol. The first kappa shape index (κ1) is 15.9. The molecule has 1 atom stereocenters. The van der Waals surface area contributed by atoms with Crippen LogP contribution in [-0.4, -0.2) is 40.5 Å². The van der Waals surface area contributed by atoms with E-state index >= 15 is 0 Å². The average Bonchev–Trinajstić information content (AvgIpc) is 2.49. The zero-order valence-electron chi connectivity index (χ0n) is 11.7. The number of thioether (sulfide) groups is 1. The number of amides is 3. The molecule has 114 valence electrons. The summed E-state index contributed by atoms with van der Waals surface area (Å²) >= 11 is 0.964. The van der Waals surface area contributed by atoms with Crippen LogP contribution in [0.3, 0.4) is 0 Å². The summed E-state index contributed by atoms with van der Waals surface area (Å²) in [7, 11) is 0. The summed E-state index contributed by atoms with van der Waals surface area (Å²) in [5.41, 5.74) is 0.542. The number of ketones is 1. The van der Waals surface area contributed by atoms with Crippen LogP contribution in [0.4, 0.5) is 0 Å². The summed E-state index contributed by atoms with van der Waals surface area (Å²) in [6, 6.07) is 7.35. The average molecular weight is 319 g/mol. The summed E-state index contributed by atoms with van der Waals surface area (Å²) in [6.07, 6.45) is 0. The third-order valence-electron chi connectivity index (χ3n) is 2.73. The smallest absolute Gasteiger partial charge is 0.280 e. The summed E-state index contributed by atoms with van der Waals surface area (Å²) in [4.78, 5) is 50.0. The molecule has 0 saturated heterocycles. The Morgan fingerprint density at radius 1 is 1.27 bits per heavy atom. The van der Waals surface area contributed by atoms with Crippen molar-refractivity contribution < 1.29 is 19.2 Å². The van der Waals surface area contributed by atoms with Gasteiger partial charge in [0.15, 0.2) is 17.0 Å².